The Hall–Kier alpha value is -3.23. The summed E-state index contributed by atoms with van der Waals surface area (Å²) in [7, 11) is 4.09. The number of ether oxygens (including phenoxy) is 1. The van der Waals surface area contributed by atoms with Gasteiger partial charge in [-0.2, -0.15) is 4.98 Å². The Morgan fingerprint density at radius 3 is 2.45 bits per heavy atom. The highest BCUT2D eigenvalue weighted by atomic mass is 16.5. The topological polar surface area (TPSA) is 78.4 Å². The summed E-state index contributed by atoms with van der Waals surface area (Å²) >= 11 is 0. The Balaban J connectivity index is 1.53. The molecular weight excluding hydrogens is 390 g/mol. The second-order valence-corrected chi connectivity index (χ2v) is 7.70. The van der Waals surface area contributed by atoms with E-state index >= 15 is 0 Å². The first-order valence-corrected chi connectivity index (χ1v) is 10.6. The Bertz CT molecular complexity index is 957. The molecule has 0 bridgehead atoms. The molecule has 0 unspecified atom stereocenters. The van der Waals surface area contributed by atoms with Gasteiger partial charge in [-0.25, -0.2) is 4.98 Å². The lowest BCUT2D eigenvalue weighted by molar-refractivity contribution is 0.122. The van der Waals surface area contributed by atoms with Gasteiger partial charge in [0.15, 0.2) is 0 Å². The molecule has 0 amide bonds. The minimum Gasteiger partial charge on any atom is -0.378 e. The number of pyridine rings is 1. The maximum Gasteiger partial charge on any atom is 0.225 e. The van der Waals surface area contributed by atoms with Crippen LogP contribution in [0.2, 0.25) is 0 Å². The lowest BCUT2D eigenvalue weighted by Crippen LogP contribution is -2.36. The predicted molar refractivity (Wildman–Crippen MR) is 125 cm³/mol. The highest BCUT2D eigenvalue weighted by Crippen LogP contribution is 2.25. The molecule has 31 heavy (non-hydrogen) atoms. The summed E-state index contributed by atoms with van der Waals surface area (Å²) in [5.74, 6) is 1.34. The molecule has 162 valence electrons. The second-order valence-electron chi connectivity index (χ2n) is 7.70. The summed E-state index contributed by atoms with van der Waals surface area (Å²) in [4.78, 5) is 17.9. The first kappa shape index (κ1) is 21.0. The van der Waals surface area contributed by atoms with Gasteiger partial charge in [-0.3, -0.25) is 4.98 Å². The van der Waals surface area contributed by atoms with Crippen LogP contribution in [0.15, 0.2) is 54.9 Å². The van der Waals surface area contributed by atoms with Gasteiger partial charge in [0.25, 0.3) is 0 Å². The number of aromatic nitrogens is 3. The van der Waals surface area contributed by atoms with Crippen molar-refractivity contribution in [3.63, 3.8) is 0 Å². The zero-order valence-electron chi connectivity index (χ0n) is 18.1. The average Bonchev–Trinajstić information content (AvgIpc) is 2.80. The largest absolute Gasteiger partial charge is 0.378 e. The first-order chi connectivity index (χ1) is 15.2. The van der Waals surface area contributed by atoms with Crippen LogP contribution in [0, 0.1) is 0 Å². The van der Waals surface area contributed by atoms with Crippen LogP contribution in [0.4, 0.5) is 23.1 Å². The second kappa shape index (κ2) is 10.2. The van der Waals surface area contributed by atoms with Gasteiger partial charge in [0.05, 0.1) is 18.9 Å². The van der Waals surface area contributed by atoms with E-state index in [-0.39, 0.29) is 0 Å². The normalized spacial score (nSPS) is 14.0. The number of benzene rings is 1. The highest BCUT2D eigenvalue weighted by molar-refractivity contribution is 5.68. The number of hydrogen-bond donors (Lipinski definition) is 2. The van der Waals surface area contributed by atoms with Gasteiger partial charge < -0.3 is 25.2 Å². The average molecular weight is 420 g/mol. The molecule has 3 heterocycles. The van der Waals surface area contributed by atoms with Crippen LogP contribution in [-0.2, 0) is 4.74 Å². The predicted octanol–water partition coefficient (Wildman–Crippen LogP) is 3.09. The summed E-state index contributed by atoms with van der Waals surface area (Å²) in [6.45, 7) is 5.08. The summed E-state index contributed by atoms with van der Waals surface area (Å²) in [6, 6.07) is 14.3. The van der Waals surface area contributed by atoms with E-state index in [1.165, 1.54) is 5.69 Å². The maximum atomic E-state index is 5.44. The number of rotatable bonds is 8. The molecule has 8 nitrogen and oxygen atoms in total. The van der Waals surface area contributed by atoms with E-state index in [0.29, 0.717) is 5.95 Å². The molecule has 0 aliphatic carbocycles. The van der Waals surface area contributed by atoms with Crippen LogP contribution in [0.1, 0.15) is 0 Å². The van der Waals surface area contributed by atoms with Crippen molar-refractivity contribution in [3.8, 4) is 11.3 Å². The van der Waals surface area contributed by atoms with Crippen LogP contribution in [0.25, 0.3) is 11.3 Å². The Kier molecular flexibility index (Phi) is 6.91. The Morgan fingerprint density at radius 1 is 1.00 bits per heavy atom. The molecule has 1 aliphatic rings. The molecule has 3 aromatic rings. The summed E-state index contributed by atoms with van der Waals surface area (Å²) < 4.78 is 5.44. The van der Waals surface area contributed by atoms with E-state index in [0.717, 1.165) is 62.2 Å². The third-order valence-corrected chi connectivity index (χ3v) is 5.06. The van der Waals surface area contributed by atoms with Gasteiger partial charge in [-0.15, -0.1) is 0 Å². The molecule has 0 atom stereocenters. The van der Waals surface area contributed by atoms with Crippen LogP contribution in [0.3, 0.4) is 0 Å². The quantitative estimate of drug-likeness (QED) is 0.577. The lowest BCUT2D eigenvalue weighted by Gasteiger charge is -2.28. The molecule has 8 heteroatoms. The number of nitrogens with one attached hydrogen (secondary N) is 2. The zero-order chi connectivity index (χ0) is 21.5. The molecule has 0 spiro atoms. The van der Waals surface area contributed by atoms with Crippen molar-refractivity contribution < 1.29 is 4.74 Å². The standard InChI is InChI=1S/C23H29N7O/c1-29(2)12-11-25-23-27-21(18-7-9-24-10-8-18)17-22(28-23)26-19-3-5-20(6-4-19)30-13-15-31-16-14-30/h3-10,17H,11-16H2,1-2H3,(H2,25,26,27,28). The minimum absolute atomic E-state index is 0.601. The number of likely N-dealkylation sites (N-methyl/N-ethyl adjacent to an activating group) is 1. The summed E-state index contributed by atoms with van der Waals surface area (Å²) in [6.07, 6.45) is 3.54. The molecule has 4 rings (SSSR count). The molecule has 1 aliphatic heterocycles. The van der Waals surface area contributed by atoms with Gasteiger partial charge in [0.1, 0.15) is 5.82 Å². The Labute approximate surface area is 183 Å². The van der Waals surface area contributed by atoms with Crippen molar-refractivity contribution in [2.24, 2.45) is 0 Å². The number of morpholine rings is 1. The van der Waals surface area contributed by atoms with E-state index < -0.39 is 0 Å². The van der Waals surface area contributed by atoms with E-state index in [1.807, 2.05) is 32.3 Å². The molecule has 1 saturated heterocycles. The smallest absolute Gasteiger partial charge is 0.225 e. The third kappa shape index (κ3) is 5.90. The van der Waals surface area contributed by atoms with Crippen molar-refractivity contribution in [1.82, 2.24) is 19.9 Å². The van der Waals surface area contributed by atoms with Crippen molar-refractivity contribution in [1.29, 1.82) is 0 Å². The van der Waals surface area contributed by atoms with Crippen LogP contribution < -0.4 is 15.5 Å². The molecule has 2 aromatic heterocycles. The van der Waals surface area contributed by atoms with Crippen molar-refractivity contribution in [3.05, 3.63) is 54.9 Å². The van der Waals surface area contributed by atoms with Crippen molar-refractivity contribution in [2.45, 2.75) is 0 Å². The third-order valence-electron chi connectivity index (χ3n) is 5.06. The van der Waals surface area contributed by atoms with Gasteiger partial charge in [0.2, 0.25) is 5.95 Å². The van der Waals surface area contributed by atoms with Crippen LogP contribution >= 0.6 is 0 Å². The maximum absolute atomic E-state index is 5.44. The monoisotopic (exact) mass is 419 g/mol. The van der Waals surface area contributed by atoms with E-state index in [2.05, 4.69) is 54.7 Å². The number of nitrogens with zero attached hydrogens (tertiary/aromatic N) is 5. The van der Waals surface area contributed by atoms with Crippen molar-refractivity contribution in [2.75, 3.05) is 69.0 Å². The van der Waals surface area contributed by atoms with E-state index in [9.17, 15) is 0 Å². The van der Waals surface area contributed by atoms with Crippen molar-refractivity contribution >= 4 is 23.1 Å². The van der Waals surface area contributed by atoms with Gasteiger partial charge >= 0.3 is 0 Å². The lowest BCUT2D eigenvalue weighted by atomic mass is 10.2. The fourth-order valence-corrected chi connectivity index (χ4v) is 3.38. The summed E-state index contributed by atoms with van der Waals surface area (Å²) in [5, 5.41) is 6.75. The molecule has 0 saturated carbocycles. The number of hydrogen-bond acceptors (Lipinski definition) is 8. The zero-order valence-corrected chi connectivity index (χ0v) is 18.1. The van der Waals surface area contributed by atoms with Gasteiger partial charge in [-0.05, 0) is 50.5 Å². The summed E-state index contributed by atoms with van der Waals surface area (Å²) in [5.41, 5.74) is 4.03. The van der Waals surface area contributed by atoms with E-state index in [4.69, 9.17) is 9.72 Å². The fraction of sp³-hybridized carbons (Fsp3) is 0.348. The van der Waals surface area contributed by atoms with Crippen LogP contribution in [0.5, 0.6) is 0 Å². The molecule has 1 fully saturated rings. The Morgan fingerprint density at radius 2 is 1.74 bits per heavy atom. The van der Waals surface area contributed by atoms with Gasteiger partial charge in [-0.1, -0.05) is 0 Å². The molecule has 0 radical (unpaired) electrons. The highest BCUT2D eigenvalue weighted by Gasteiger charge is 2.11. The first-order valence-electron chi connectivity index (χ1n) is 10.6. The van der Waals surface area contributed by atoms with Gasteiger partial charge in [0, 0.05) is 61.6 Å². The van der Waals surface area contributed by atoms with Crippen LogP contribution in [-0.4, -0.2) is 73.3 Å². The molecular formula is C23H29N7O. The number of anilines is 4. The fourth-order valence-electron chi connectivity index (χ4n) is 3.38. The van der Waals surface area contributed by atoms with E-state index in [1.54, 1.807) is 12.4 Å². The SMILES string of the molecule is CN(C)CCNc1nc(Nc2ccc(N3CCOCC3)cc2)cc(-c2ccncc2)n1. The molecule has 1 aromatic carbocycles. The molecule has 2 N–H and O–H groups in total. The minimum atomic E-state index is 0.601.